The van der Waals surface area contributed by atoms with Crippen LogP contribution in [-0.4, -0.2) is 23.0 Å². The maximum Gasteiger partial charge on any atom is 0.337 e. The van der Waals surface area contributed by atoms with Gasteiger partial charge in [0.1, 0.15) is 5.82 Å². The molecule has 0 radical (unpaired) electrons. The number of nitrogens with one attached hydrogen (secondary N) is 1. The van der Waals surface area contributed by atoms with Crippen LogP contribution in [0.1, 0.15) is 15.9 Å². The predicted octanol–water partition coefficient (Wildman–Crippen LogP) is 5.14. The topological polar surface area (TPSA) is 64.1 Å². The first-order valence-electron chi connectivity index (χ1n) is 8.93. The van der Waals surface area contributed by atoms with Crippen molar-refractivity contribution in [2.45, 2.75) is 6.92 Å². The zero-order valence-electron chi connectivity index (χ0n) is 15.6. The number of carbonyl (C=O) groups is 1. The number of hydrogen-bond acceptors (Lipinski definition) is 5. The summed E-state index contributed by atoms with van der Waals surface area (Å²) in [4.78, 5) is 21.3. The number of aromatic nitrogens is 2. The number of nitrogens with zero attached hydrogens (tertiary/aromatic N) is 2. The molecule has 28 heavy (non-hydrogen) atoms. The Labute approximate surface area is 163 Å². The highest BCUT2D eigenvalue weighted by Gasteiger charge is 2.11. The molecule has 0 saturated heterocycles. The zero-order chi connectivity index (χ0) is 19.5. The third-order valence-electron chi connectivity index (χ3n) is 4.46. The minimum Gasteiger partial charge on any atom is -0.465 e. The summed E-state index contributed by atoms with van der Waals surface area (Å²) in [5.74, 6) is 0.949. The fourth-order valence-electron chi connectivity index (χ4n) is 2.98. The van der Waals surface area contributed by atoms with E-state index in [1.54, 1.807) is 18.2 Å². The van der Waals surface area contributed by atoms with Crippen molar-refractivity contribution >= 4 is 28.4 Å². The lowest BCUT2D eigenvalue weighted by Crippen LogP contribution is -2.03. The highest BCUT2D eigenvalue weighted by Crippen LogP contribution is 2.27. The van der Waals surface area contributed by atoms with Crippen LogP contribution in [0.4, 0.5) is 11.5 Å². The first-order chi connectivity index (χ1) is 13.6. The first kappa shape index (κ1) is 17.7. The molecule has 4 aromatic rings. The van der Waals surface area contributed by atoms with Crippen molar-refractivity contribution in [3.63, 3.8) is 0 Å². The quantitative estimate of drug-likeness (QED) is 0.505. The second-order valence-electron chi connectivity index (χ2n) is 6.48. The second kappa shape index (κ2) is 7.48. The number of benzene rings is 3. The van der Waals surface area contributed by atoms with Crippen molar-refractivity contribution in [3.05, 3.63) is 83.9 Å². The van der Waals surface area contributed by atoms with Gasteiger partial charge in [0, 0.05) is 16.6 Å². The molecule has 0 saturated carbocycles. The van der Waals surface area contributed by atoms with Crippen molar-refractivity contribution in [1.29, 1.82) is 0 Å². The summed E-state index contributed by atoms with van der Waals surface area (Å²) < 4.78 is 4.81. The van der Waals surface area contributed by atoms with Gasteiger partial charge in [0.15, 0.2) is 5.82 Å². The van der Waals surface area contributed by atoms with E-state index in [1.807, 2.05) is 61.5 Å². The molecule has 0 bridgehead atoms. The molecular weight excluding hydrogens is 350 g/mol. The van der Waals surface area contributed by atoms with E-state index in [0.717, 1.165) is 22.2 Å². The number of carbonyl (C=O) groups excluding carboxylic acids is 1. The van der Waals surface area contributed by atoms with Crippen LogP contribution in [0.15, 0.2) is 72.8 Å². The number of methoxy groups -OCH3 is 1. The number of hydrogen-bond donors (Lipinski definition) is 1. The Morgan fingerprint density at radius 2 is 1.71 bits per heavy atom. The summed E-state index contributed by atoms with van der Waals surface area (Å²) in [6.07, 6.45) is 0. The fraction of sp³-hybridized carbons (Fsp3) is 0.0870. The molecule has 138 valence electrons. The fourth-order valence-corrected chi connectivity index (χ4v) is 2.98. The Hall–Kier alpha value is -3.73. The van der Waals surface area contributed by atoms with Crippen molar-refractivity contribution in [2.75, 3.05) is 12.4 Å². The number of anilines is 2. The van der Waals surface area contributed by atoms with Gasteiger partial charge in [-0.05, 0) is 37.3 Å². The molecule has 1 aromatic heterocycles. The Morgan fingerprint density at radius 3 is 2.50 bits per heavy atom. The Kier molecular flexibility index (Phi) is 4.72. The van der Waals surface area contributed by atoms with Crippen LogP contribution in [0.3, 0.4) is 0 Å². The van der Waals surface area contributed by atoms with Crippen LogP contribution in [0.2, 0.25) is 0 Å². The molecule has 0 aliphatic rings. The average molecular weight is 369 g/mol. The Balaban J connectivity index is 1.79. The van der Waals surface area contributed by atoms with Gasteiger partial charge in [-0.2, -0.15) is 0 Å². The maximum atomic E-state index is 11.8. The van der Waals surface area contributed by atoms with Gasteiger partial charge in [-0.15, -0.1) is 0 Å². The molecule has 0 amide bonds. The summed E-state index contributed by atoms with van der Waals surface area (Å²) in [5.41, 5.74) is 4.20. The highest BCUT2D eigenvalue weighted by atomic mass is 16.5. The van der Waals surface area contributed by atoms with Gasteiger partial charge in [-0.3, -0.25) is 0 Å². The number of aryl methyl sites for hydroxylation is 1. The molecule has 0 spiro atoms. The Bertz CT molecular complexity index is 1150. The zero-order valence-corrected chi connectivity index (χ0v) is 15.6. The molecule has 5 nitrogen and oxygen atoms in total. The smallest absolute Gasteiger partial charge is 0.337 e. The van der Waals surface area contributed by atoms with Gasteiger partial charge in [0.25, 0.3) is 0 Å². The minimum absolute atomic E-state index is 0.378. The molecule has 1 N–H and O–H groups in total. The molecule has 0 unspecified atom stereocenters. The van der Waals surface area contributed by atoms with E-state index in [-0.39, 0.29) is 5.97 Å². The van der Waals surface area contributed by atoms with Crippen molar-refractivity contribution in [2.24, 2.45) is 0 Å². The monoisotopic (exact) mass is 369 g/mol. The molecule has 0 aliphatic carbocycles. The Morgan fingerprint density at radius 1 is 0.929 bits per heavy atom. The summed E-state index contributed by atoms with van der Waals surface area (Å²) in [6.45, 7) is 2.05. The lowest BCUT2D eigenvalue weighted by Gasteiger charge is -2.12. The summed E-state index contributed by atoms with van der Waals surface area (Å²) >= 11 is 0. The van der Waals surface area contributed by atoms with Gasteiger partial charge in [-0.1, -0.05) is 48.0 Å². The van der Waals surface area contributed by atoms with Crippen LogP contribution in [0.25, 0.3) is 22.3 Å². The first-order valence-corrected chi connectivity index (χ1v) is 8.93. The summed E-state index contributed by atoms with van der Waals surface area (Å²) in [6, 6.07) is 23.1. The normalized spacial score (nSPS) is 10.6. The third-order valence-corrected chi connectivity index (χ3v) is 4.46. The van der Waals surface area contributed by atoms with Gasteiger partial charge < -0.3 is 10.1 Å². The van der Waals surface area contributed by atoms with E-state index >= 15 is 0 Å². The van der Waals surface area contributed by atoms with E-state index in [1.165, 1.54) is 12.7 Å². The predicted molar refractivity (Wildman–Crippen MR) is 111 cm³/mol. The lowest BCUT2D eigenvalue weighted by atomic mass is 10.1. The standard InChI is InChI=1S/C23H19N3O2/c1-15-10-12-16(13-11-15)21-25-20-9-4-3-8-19(20)22(26-21)24-18-7-5-6-17(14-18)23(27)28-2/h3-14H,1-2H3,(H,24,25,26). The minimum atomic E-state index is -0.378. The van der Waals surface area contributed by atoms with Crippen molar-refractivity contribution in [3.8, 4) is 11.4 Å². The van der Waals surface area contributed by atoms with Crippen LogP contribution in [0, 0.1) is 6.92 Å². The number of fused-ring (bicyclic) bond motifs is 1. The molecule has 0 fully saturated rings. The van der Waals surface area contributed by atoms with Crippen LogP contribution >= 0.6 is 0 Å². The maximum absolute atomic E-state index is 11.8. The third kappa shape index (κ3) is 3.55. The van der Waals surface area contributed by atoms with Crippen LogP contribution in [-0.2, 0) is 4.74 Å². The van der Waals surface area contributed by atoms with Gasteiger partial charge in [0.2, 0.25) is 0 Å². The van der Waals surface area contributed by atoms with Crippen molar-refractivity contribution in [1.82, 2.24) is 9.97 Å². The molecule has 1 heterocycles. The molecule has 5 heteroatoms. The van der Waals surface area contributed by atoms with E-state index in [9.17, 15) is 4.79 Å². The summed E-state index contributed by atoms with van der Waals surface area (Å²) in [5, 5.41) is 4.23. The van der Waals surface area contributed by atoms with E-state index in [2.05, 4.69) is 5.32 Å². The van der Waals surface area contributed by atoms with E-state index in [4.69, 9.17) is 14.7 Å². The van der Waals surface area contributed by atoms with Crippen LogP contribution < -0.4 is 5.32 Å². The summed E-state index contributed by atoms with van der Waals surface area (Å²) in [7, 11) is 1.37. The van der Waals surface area contributed by atoms with Gasteiger partial charge >= 0.3 is 5.97 Å². The second-order valence-corrected chi connectivity index (χ2v) is 6.48. The lowest BCUT2D eigenvalue weighted by molar-refractivity contribution is 0.0601. The van der Waals surface area contributed by atoms with E-state index in [0.29, 0.717) is 17.2 Å². The number of ether oxygens (including phenoxy) is 1. The average Bonchev–Trinajstić information content (AvgIpc) is 2.74. The molecule has 3 aromatic carbocycles. The molecule has 0 atom stereocenters. The van der Waals surface area contributed by atoms with Crippen LogP contribution in [0.5, 0.6) is 0 Å². The van der Waals surface area contributed by atoms with Crippen molar-refractivity contribution < 1.29 is 9.53 Å². The highest BCUT2D eigenvalue weighted by molar-refractivity contribution is 5.94. The largest absolute Gasteiger partial charge is 0.465 e. The number of para-hydroxylation sites is 1. The van der Waals surface area contributed by atoms with Gasteiger partial charge in [0.05, 0.1) is 18.2 Å². The van der Waals surface area contributed by atoms with Gasteiger partial charge in [-0.25, -0.2) is 14.8 Å². The number of esters is 1. The molecular formula is C23H19N3O2. The SMILES string of the molecule is COC(=O)c1cccc(Nc2nc(-c3ccc(C)cc3)nc3ccccc23)c1. The molecule has 0 aliphatic heterocycles. The number of rotatable bonds is 4. The molecule has 4 rings (SSSR count). The van der Waals surface area contributed by atoms with E-state index < -0.39 is 0 Å².